The molecule has 0 N–H and O–H groups in total. The van der Waals surface area contributed by atoms with Gasteiger partial charge in [-0.3, -0.25) is 9.69 Å². The first-order valence-corrected chi connectivity index (χ1v) is 8.03. The summed E-state index contributed by atoms with van der Waals surface area (Å²) in [7, 11) is 2.04. The van der Waals surface area contributed by atoms with Crippen LogP contribution < -0.4 is 0 Å². The first kappa shape index (κ1) is 15.4. The van der Waals surface area contributed by atoms with Gasteiger partial charge in [-0.15, -0.1) is 0 Å². The molecule has 1 aliphatic rings. The molecule has 4 nitrogen and oxygen atoms in total. The Bertz CT molecular complexity index is 438. The van der Waals surface area contributed by atoms with Crippen LogP contribution in [0.1, 0.15) is 38.5 Å². The monoisotopic (exact) mass is 295 g/mol. The number of likely N-dealkylation sites (tertiary alicyclic amines) is 1. The Hall–Kier alpha value is -0.940. The van der Waals surface area contributed by atoms with Crippen molar-refractivity contribution >= 4 is 17.4 Å². The third-order valence-electron chi connectivity index (χ3n) is 3.60. The zero-order chi connectivity index (χ0) is 14.8. The number of hydrogen-bond donors (Lipinski definition) is 0. The van der Waals surface area contributed by atoms with Crippen LogP contribution in [0.3, 0.4) is 0 Å². The molecular formula is C15H25N3OS. The molecule has 0 radical (unpaired) electrons. The lowest BCUT2D eigenvalue weighted by Gasteiger charge is -2.39. The summed E-state index contributed by atoms with van der Waals surface area (Å²) in [6.45, 7) is 9.11. The second-order valence-electron chi connectivity index (χ2n) is 6.87. The van der Waals surface area contributed by atoms with Gasteiger partial charge in [0, 0.05) is 30.7 Å². The van der Waals surface area contributed by atoms with E-state index in [0.29, 0.717) is 0 Å². The van der Waals surface area contributed by atoms with Gasteiger partial charge in [-0.25, -0.2) is 4.37 Å². The Morgan fingerprint density at radius 2 is 2.25 bits per heavy atom. The SMILES string of the molecule is CN(Cc1ccns1)[C@@H]1CCCN(CC(C)(C)C)C1=O. The maximum absolute atomic E-state index is 12.6. The molecule has 1 atom stereocenters. The first-order chi connectivity index (χ1) is 9.37. The molecule has 0 aliphatic carbocycles. The third-order valence-corrected chi connectivity index (χ3v) is 4.32. The summed E-state index contributed by atoms with van der Waals surface area (Å²) in [5, 5.41) is 0. The van der Waals surface area contributed by atoms with Gasteiger partial charge in [-0.2, -0.15) is 0 Å². The number of piperidine rings is 1. The molecule has 2 heterocycles. The number of carbonyl (C=O) groups excluding carboxylic acids is 1. The highest BCUT2D eigenvalue weighted by Gasteiger charge is 2.33. The molecule has 0 aromatic carbocycles. The molecule has 2 rings (SSSR count). The van der Waals surface area contributed by atoms with Crippen LogP contribution in [0.2, 0.25) is 0 Å². The Morgan fingerprint density at radius 1 is 1.50 bits per heavy atom. The van der Waals surface area contributed by atoms with Crippen LogP contribution in [0, 0.1) is 5.41 Å². The minimum Gasteiger partial charge on any atom is -0.341 e. The van der Waals surface area contributed by atoms with Crippen LogP contribution in [0.25, 0.3) is 0 Å². The fourth-order valence-corrected chi connectivity index (χ4v) is 3.38. The zero-order valence-corrected chi connectivity index (χ0v) is 13.7. The summed E-state index contributed by atoms with van der Waals surface area (Å²) < 4.78 is 4.12. The van der Waals surface area contributed by atoms with Crippen LogP contribution in [-0.4, -0.2) is 46.3 Å². The van der Waals surface area contributed by atoms with E-state index in [1.54, 1.807) is 0 Å². The summed E-state index contributed by atoms with van der Waals surface area (Å²) in [5.41, 5.74) is 0.161. The average Bonchev–Trinajstić information content (AvgIpc) is 2.83. The van der Waals surface area contributed by atoms with Gasteiger partial charge in [0.2, 0.25) is 5.91 Å². The molecule has 0 bridgehead atoms. The fourth-order valence-electron chi connectivity index (χ4n) is 2.74. The van der Waals surface area contributed by atoms with Crippen molar-refractivity contribution in [3.8, 4) is 0 Å². The second-order valence-corrected chi connectivity index (χ2v) is 7.79. The predicted octanol–water partition coefficient (Wildman–Crippen LogP) is 2.61. The molecule has 0 saturated carbocycles. The predicted molar refractivity (Wildman–Crippen MR) is 82.6 cm³/mol. The molecule has 0 spiro atoms. The quantitative estimate of drug-likeness (QED) is 0.857. The molecule has 20 heavy (non-hydrogen) atoms. The number of nitrogens with zero attached hydrogens (tertiary/aromatic N) is 3. The summed E-state index contributed by atoms with van der Waals surface area (Å²) in [4.78, 5) is 18.1. The molecule has 5 heteroatoms. The summed E-state index contributed by atoms with van der Waals surface area (Å²) in [6, 6.07) is 2.05. The van der Waals surface area contributed by atoms with Crippen molar-refractivity contribution in [2.75, 3.05) is 20.1 Å². The van der Waals surface area contributed by atoms with Gasteiger partial charge in [-0.1, -0.05) is 20.8 Å². The van der Waals surface area contributed by atoms with Gasteiger partial charge in [0.15, 0.2) is 0 Å². The van der Waals surface area contributed by atoms with E-state index < -0.39 is 0 Å². The topological polar surface area (TPSA) is 36.4 Å². The van der Waals surface area contributed by atoms with E-state index in [2.05, 4.69) is 30.0 Å². The Balaban J connectivity index is 1.98. The number of carbonyl (C=O) groups is 1. The minimum absolute atomic E-state index is 0.0215. The normalized spacial score (nSPS) is 20.8. The lowest BCUT2D eigenvalue weighted by Crippen LogP contribution is -2.52. The highest BCUT2D eigenvalue weighted by molar-refractivity contribution is 7.05. The fraction of sp³-hybridized carbons (Fsp3) is 0.733. The highest BCUT2D eigenvalue weighted by Crippen LogP contribution is 2.23. The molecule has 1 saturated heterocycles. The van der Waals surface area contributed by atoms with Gasteiger partial charge >= 0.3 is 0 Å². The molecule has 0 unspecified atom stereocenters. The minimum atomic E-state index is 0.0215. The summed E-state index contributed by atoms with van der Waals surface area (Å²) in [5.74, 6) is 0.290. The molecular weight excluding hydrogens is 270 g/mol. The van der Waals surface area contributed by atoms with Crippen LogP contribution in [0.4, 0.5) is 0 Å². The summed E-state index contributed by atoms with van der Waals surface area (Å²) >= 11 is 1.51. The maximum atomic E-state index is 12.6. The number of rotatable bonds is 4. The second kappa shape index (κ2) is 6.22. The molecule has 1 aliphatic heterocycles. The molecule has 1 amide bonds. The maximum Gasteiger partial charge on any atom is 0.239 e. The number of amides is 1. The Kier molecular flexibility index (Phi) is 4.81. The van der Waals surface area contributed by atoms with Gasteiger partial charge in [0.1, 0.15) is 0 Å². The molecule has 1 fully saturated rings. The van der Waals surface area contributed by atoms with E-state index in [4.69, 9.17) is 0 Å². The van der Waals surface area contributed by atoms with Crippen molar-refractivity contribution in [3.05, 3.63) is 17.1 Å². The van der Waals surface area contributed by atoms with E-state index in [1.165, 1.54) is 16.4 Å². The van der Waals surface area contributed by atoms with Crippen molar-refractivity contribution in [1.29, 1.82) is 0 Å². The highest BCUT2D eigenvalue weighted by atomic mass is 32.1. The smallest absolute Gasteiger partial charge is 0.239 e. The van der Waals surface area contributed by atoms with Crippen molar-refractivity contribution in [3.63, 3.8) is 0 Å². The van der Waals surface area contributed by atoms with Crippen LogP contribution >= 0.6 is 11.5 Å². The van der Waals surface area contributed by atoms with E-state index in [1.807, 2.05) is 24.2 Å². The zero-order valence-electron chi connectivity index (χ0n) is 12.9. The van der Waals surface area contributed by atoms with E-state index >= 15 is 0 Å². The van der Waals surface area contributed by atoms with Crippen molar-refractivity contribution in [1.82, 2.24) is 14.2 Å². The van der Waals surface area contributed by atoms with Crippen LogP contribution in [0.15, 0.2) is 12.3 Å². The van der Waals surface area contributed by atoms with Crippen molar-refractivity contribution in [2.24, 2.45) is 5.41 Å². The van der Waals surface area contributed by atoms with Gasteiger partial charge in [0.25, 0.3) is 0 Å². The lowest BCUT2D eigenvalue weighted by atomic mass is 9.93. The lowest BCUT2D eigenvalue weighted by molar-refractivity contribution is -0.141. The standard InChI is InChI=1S/C15H25N3OS/c1-15(2,3)11-18-9-5-6-13(14(18)19)17(4)10-12-7-8-16-20-12/h7-8,13H,5-6,9-11H2,1-4H3/t13-/m1/s1. The number of likely N-dealkylation sites (N-methyl/N-ethyl adjacent to an activating group) is 1. The largest absolute Gasteiger partial charge is 0.341 e. The Morgan fingerprint density at radius 3 is 2.85 bits per heavy atom. The van der Waals surface area contributed by atoms with Crippen molar-refractivity contribution < 1.29 is 4.79 Å². The van der Waals surface area contributed by atoms with Gasteiger partial charge in [-0.05, 0) is 42.9 Å². The van der Waals surface area contributed by atoms with Crippen LogP contribution in [0.5, 0.6) is 0 Å². The third kappa shape index (κ3) is 4.03. The van der Waals surface area contributed by atoms with Crippen LogP contribution in [-0.2, 0) is 11.3 Å². The van der Waals surface area contributed by atoms with Gasteiger partial charge < -0.3 is 4.90 Å². The van der Waals surface area contributed by atoms with E-state index in [-0.39, 0.29) is 17.4 Å². The molecule has 1 aromatic heterocycles. The van der Waals surface area contributed by atoms with Crippen molar-refractivity contribution in [2.45, 2.75) is 46.2 Å². The van der Waals surface area contributed by atoms with E-state index in [0.717, 1.165) is 32.5 Å². The number of hydrogen-bond acceptors (Lipinski definition) is 4. The first-order valence-electron chi connectivity index (χ1n) is 7.25. The van der Waals surface area contributed by atoms with Gasteiger partial charge in [0.05, 0.1) is 6.04 Å². The molecule has 1 aromatic rings. The van der Waals surface area contributed by atoms with E-state index in [9.17, 15) is 4.79 Å². The molecule has 112 valence electrons. The summed E-state index contributed by atoms with van der Waals surface area (Å²) in [6.07, 6.45) is 3.89. The Labute approximate surface area is 125 Å². The average molecular weight is 295 g/mol. The number of aromatic nitrogens is 1.